The van der Waals surface area contributed by atoms with Crippen LogP contribution >= 0.6 is 11.8 Å². The molecule has 2 rings (SSSR count). The van der Waals surface area contributed by atoms with Gasteiger partial charge in [-0.2, -0.15) is 0 Å². The lowest BCUT2D eigenvalue weighted by Crippen LogP contribution is -2.45. The highest BCUT2D eigenvalue weighted by molar-refractivity contribution is 8.00. The van der Waals surface area contributed by atoms with Crippen molar-refractivity contribution in [2.45, 2.75) is 49.3 Å². The van der Waals surface area contributed by atoms with Crippen molar-refractivity contribution in [2.75, 3.05) is 26.4 Å². The van der Waals surface area contributed by atoms with Crippen molar-refractivity contribution >= 4 is 11.8 Å². The van der Waals surface area contributed by atoms with Crippen LogP contribution in [-0.4, -0.2) is 49.0 Å². The summed E-state index contributed by atoms with van der Waals surface area (Å²) in [6.45, 7) is 8.16. The predicted molar refractivity (Wildman–Crippen MR) is 68.1 cm³/mol. The lowest BCUT2D eigenvalue weighted by Gasteiger charge is -2.33. The first kappa shape index (κ1) is 12.7. The van der Waals surface area contributed by atoms with Crippen LogP contribution in [0.2, 0.25) is 0 Å². The number of ether oxygens (including phenoxy) is 2. The van der Waals surface area contributed by atoms with E-state index in [0.717, 1.165) is 32.8 Å². The molecule has 2 aliphatic rings. The van der Waals surface area contributed by atoms with Crippen LogP contribution in [0.4, 0.5) is 0 Å². The Hall–Kier alpha value is 0.230. The summed E-state index contributed by atoms with van der Waals surface area (Å²) in [5.74, 6) is 0. The van der Waals surface area contributed by atoms with E-state index in [2.05, 4.69) is 30.9 Å². The molecule has 0 amide bonds. The molecular weight excluding hydrogens is 222 g/mol. The maximum absolute atomic E-state index is 5.62. The van der Waals surface area contributed by atoms with Crippen LogP contribution in [-0.2, 0) is 9.47 Å². The molecule has 2 fully saturated rings. The predicted octanol–water partition coefficient (Wildman–Crippen LogP) is 1.66. The van der Waals surface area contributed by atoms with Crippen molar-refractivity contribution in [1.82, 2.24) is 5.32 Å². The van der Waals surface area contributed by atoms with E-state index in [1.807, 2.05) is 0 Å². The molecule has 1 N–H and O–H groups in total. The number of hydrogen-bond donors (Lipinski definition) is 1. The van der Waals surface area contributed by atoms with Gasteiger partial charge in [-0.15, -0.1) is 11.8 Å². The van der Waals surface area contributed by atoms with Gasteiger partial charge in [-0.3, -0.25) is 0 Å². The third-order valence-corrected chi connectivity index (χ3v) is 5.21. The van der Waals surface area contributed by atoms with Crippen molar-refractivity contribution < 1.29 is 9.47 Å². The zero-order valence-corrected chi connectivity index (χ0v) is 11.1. The fraction of sp³-hybridized carbons (Fsp3) is 1.00. The summed E-state index contributed by atoms with van der Waals surface area (Å²) < 4.78 is 11.2. The molecule has 2 saturated heterocycles. The van der Waals surface area contributed by atoms with Gasteiger partial charge in [0.1, 0.15) is 0 Å². The first-order valence-electron chi connectivity index (χ1n) is 6.39. The van der Waals surface area contributed by atoms with Gasteiger partial charge in [0.05, 0.1) is 12.7 Å². The standard InChI is InChI=1S/C12H23NO2S/c1-3-13-10-4-6-14-8-12(10)16-11-5-7-15-9(11)2/h9-13H,3-8H2,1-2H3. The summed E-state index contributed by atoms with van der Waals surface area (Å²) >= 11 is 2.07. The van der Waals surface area contributed by atoms with E-state index >= 15 is 0 Å². The summed E-state index contributed by atoms with van der Waals surface area (Å²) in [5, 5.41) is 4.84. The van der Waals surface area contributed by atoms with E-state index < -0.39 is 0 Å². The molecule has 4 atom stereocenters. The second kappa shape index (κ2) is 6.24. The van der Waals surface area contributed by atoms with Gasteiger partial charge in [-0.05, 0) is 26.3 Å². The maximum atomic E-state index is 5.62. The highest BCUT2D eigenvalue weighted by atomic mass is 32.2. The van der Waals surface area contributed by atoms with Gasteiger partial charge >= 0.3 is 0 Å². The fourth-order valence-corrected chi connectivity index (χ4v) is 4.03. The molecule has 0 radical (unpaired) electrons. The molecule has 0 spiro atoms. The third kappa shape index (κ3) is 3.13. The van der Waals surface area contributed by atoms with E-state index in [9.17, 15) is 0 Å². The SMILES string of the molecule is CCNC1CCOCC1SC1CCOC1C. The van der Waals surface area contributed by atoms with Crippen molar-refractivity contribution in [3.05, 3.63) is 0 Å². The van der Waals surface area contributed by atoms with Gasteiger partial charge in [-0.1, -0.05) is 6.92 Å². The normalized spacial score (nSPS) is 40.1. The first-order chi connectivity index (χ1) is 7.81. The minimum absolute atomic E-state index is 0.411. The van der Waals surface area contributed by atoms with Crippen LogP contribution < -0.4 is 5.32 Å². The zero-order valence-electron chi connectivity index (χ0n) is 10.3. The molecule has 3 nitrogen and oxygen atoms in total. The summed E-state index contributed by atoms with van der Waals surface area (Å²) in [7, 11) is 0. The Morgan fingerprint density at radius 2 is 2.12 bits per heavy atom. The Kier molecular flexibility index (Phi) is 4.95. The number of rotatable bonds is 4. The number of thioether (sulfide) groups is 1. The van der Waals surface area contributed by atoms with E-state index in [0.29, 0.717) is 22.6 Å². The Balaban J connectivity index is 1.85. The molecule has 4 unspecified atom stereocenters. The van der Waals surface area contributed by atoms with E-state index in [-0.39, 0.29) is 0 Å². The Labute approximate surface area is 103 Å². The number of nitrogens with one attached hydrogen (secondary N) is 1. The van der Waals surface area contributed by atoms with Crippen molar-refractivity contribution in [2.24, 2.45) is 0 Å². The fourth-order valence-electron chi connectivity index (χ4n) is 2.46. The summed E-state index contributed by atoms with van der Waals surface area (Å²) in [6.07, 6.45) is 2.75. The summed E-state index contributed by atoms with van der Waals surface area (Å²) in [6, 6.07) is 0.622. The van der Waals surface area contributed by atoms with E-state index in [1.165, 1.54) is 6.42 Å². The van der Waals surface area contributed by atoms with Crippen LogP contribution in [0.1, 0.15) is 26.7 Å². The molecule has 0 saturated carbocycles. The van der Waals surface area contributed by atoms with Crippen LogP contribution in [0.5, 0.6) is 0 Å². The molecule has 0 aliphatic carbocycles. The van der Waals surface area contributed by atoms with Crippen LogP contribution in [0.15, 0.2) is 0 Å². The lowest BCUT2D eigenvalue weighted by molar-refractivity contribution is 0.0831. The first-order valence-corrected chi connectivity index (χ1v) is 7.33. The average Bonchev–Trinajstić information content (AvgIpc) is 2.68. The molecule has 0 aromatic heterocycles. The van der Waals surface area contributed by atoms with Gasteiger partial charge in [-0.25, -0.2) is 0 Å². The summed E-state index contributed by atoms with van der Waals surface area (Å²) in [5.41, 5.74) is 0. The molecule has 0 bridgehead atoms. The smallest absolute Gasteiger partial charge is 0.0666 e. The van der Waals surface area contributed by atoms with Crippen LogP contribution in [0.25, 0.3) is 0 Å². The van der Waals surface area contributed by atoms with E-state index in [1.54, 1.807) is 0 Å². The topological polar surface area (TPSA) is 30.5 Å². The molecule has 0 aromatic carbocycles. The van der Waals surface area contributed by atoms with Gasteiger partial charge in [0.2, 0.25) is 0 Å². The third-order valence-electron chi connectivity index (χ3n) is 3.43. The zero-order chi connectivity index (χ0) is 11.4. The molecule has 94 valence electrons. The number of hydrogen-bond acceptors (Lipinski definition) is 4. The maximum Gasteiger partial charge on any atom is 0.0666 e. The van der Waals surface area contributed by atoms with Gasteiger partial charge in [0.25, 0.3) is 0 Å². The summed E-state index contributed by atoms with van der Waals surface area (Å²) in [4.78, 5) is 0. The Morgan fingerprint density at radius 3 is 2.81 bits per heavy atom. The molecule has 2 aliphatic heterocycles. The van der Waals surface area contributed by atoms with Gasteiger partial charge in [0, 0.05) is 29.8 Å². The van der Waals surface area contributed by atoms with Gasteiger partial charge < -0.3 is 14.8 Å². The van der Waals surface area contributed by atoms with Crippen LogP contribution in [0.3, 0.4) is 0 Å². The van der Waals surface area contributed by atoms with Crippen molar-refractivity contribution in [3.63, 3.8) is 0 Å². The second-order valence-electron chi connectivity index (χ2n) is 4.61. The van der Waals surface area contributed by atoms with Crippen LogP contribution in [0, 0.1) is 0 Å². The Morgan fingerprint density at radius 1 is 1.25 bits per heavy atom. The van der Waals surface area contributed by atoms with Gasteiger partial charge in [0.15, 0.2) is 0 Å². The highest BCUT2D eigenvalue weighted by Crippen LogP contribution is 2.33. The lowest BCUT2D eigenvalue weighted by atomic mass is 10.1. The minimum Gasteiger partial charge on any atom is -0.380 e. The molecule has 2 heterocycles. The monoisotopic (exact) mass is 245 g/mol. The highest BCUT2D eigenvalue weighted by Gasteiger charge is 2.32. The quantitative estimate of drug-likeness (QED) is 0.816. The molecule has 4 heteroatoms. The minimum atomic E-state index is 0.411. The molecule has 0 aromatic rings. The van der Waals surface area contributed by atoms with Crippen molar-refractivity contribution in [1.29, 1.82) is 0 Å². The average molecular weight is 245 g/mol. The molecular formula is C12H23NO2S. The largest absolute Gasteiger partial charge is 0.380 e. The van der Waals surface area contributed by atoms with Crippen molar-refractivity contribution in [3.8, 4) is 0 Å². The Bertz CT molecular complexity index is 213. The van der Waals surface area contributed by atoms with E-state index in [4.69, 9.17) is 9.47 Å². The second-order valence-corrected chi connectivity index (χ2v) is 6.09. The molecule has 16 heavy (non-hydrogen) atoms.